The van der Waals surface area contributed by atoms with Crippen LogP contribution in [-0.4, -0.2) is 4.98 Å². The Morgan fingerprint density at radius 1 is 1.17 bits per heavy atom. The molecule has 0 aliphatic carbocycles. The lowest BCUT2D eigenvalue weighted by Crippen LogP contribution is -1.93. The molecule has 0 unspecified atom stereocenters. The van der Waals surface area contributed by atoms with Crippen molar-refractivity contribution >= 4 is 11.6 Å². The van der Waals surface area contributed by atoms with E-state index in [4.69, 9.17) is 16.3 Å². The van der Waals surface area contributed by atoms with E-state index in [2.05, 4.69) is 31.8 Å². The van der Waals surface area contributed by atoms with Gasteiger partial charge in [0.15, 0.2) is 0 Å². The summed E-state index contributed by atoms with van der Waals surface area (Å²) in [5, 5.41) is 0.433. The Bertz CT molecular complexity index is 552. The molecule has 3 heteroatoms. The summed E-state index contributed by atoms with van der Waals surface area (Å²) in [5.41, 5.74) is 2.56. The van der Waals surface area contributed by atoms with Gasteiger partial charge in [-0.3, -0.25) is 0 Å². The van der Waals surface area contributed by atoms with Gasteiger partial charge in [-0.15, -0.1) is 0 Å². The second-order valence-electron chi connectivity index (χ2n) is 4.57. The Morgan fingerprint density at radius 2 is 1.94 bits per heavy atom. The standard InChI is InChI=1S/C15H16ClNO/c1-10(2)13-8-7-12(9-11(13)3)18-15-6-4-5-14(16)17-15/h4-10H,1-3H3. The molecule has 18 heavy (non-hydrogen) atoms. The third kappa shape index (κ3) is 3.02. The predicted octanol–water partition coefficient (Wildman–Crippen LogP) is 4.96. The van der Waals surface area contributed by atoms with Crippen molar-refractivity contribution in [3.8, 4) is 11.6 Å². The molecule has 2 nitrogen and oxygen atoms in total. The average Bonchev–Trinajstić information content (AvgIpc) is 2.28. The molecule has 0 atom stereocenters. The molecule has 0 fully saturated rings. The highest BCUT2D eigenvalue weighted by molar-refractivity contribution is 6.29. The number of aryl methyl sites for hydroxylation is 1. The van der Waals surface area contributed by atoms with Crippen LogP contribution in [0, 0.1) is 6.92 Å². The molecule has 94 valence electrons. The van der Waals surface area contributed by atoms with Crippen molar-refractivity contribution in [2.24, 2.45) is 0 Å². The highest BCUT2D eigenvalue weighted by atomic mass is 35.5. The summed E-state index contributed by atoms with van der Waals surface area (Å²) < 4.78 is 5.68. The minimum Gasteiger partial charge on any atom is -0.439 e. The van der Waals surface area contributed by atoms with Crippen LogP contribution in [0.3, 0.4) is 0 Å². The molecule has 0 amide bonds. The summed E-state index contributed by atoms with van der Waals surface area (Å²) in [6, 6.07) is 11.4. The molecule has 0 saturated carbocycles. The van der Waals surface area contributed by atoms with E-state index in [1.54, 1.807) is 12.1 Å². The van der Waals surface area contributed by atoms with Crippen molar-refractivity contribution in [1.82, 2.24) is 4.98 Å². The molecular weight excluding hydrogens is 246 g/mol. The first-order chi connectivity index (χ1) is 8.56. The Labute approximate surface area is 113 Å². The molecule has 0 bridgehead atoms. The summed E-state index contributed by atoms with van der Waals surface area (Å²) in [4.78, 5) is 4.10. The number of halogens is 1. The number of benzene rings is 1. The van der Waals surface area contributed by atoms with Crippen molar-refractivity contribution in [2.45, 2.75) is 26.7 Å². The van der Waals surface area contributed by atoms with Crippen LogP contribution in [0.5, 0.6) is 11.6 Å². The van der Waals surface area contributed by atoms with E-state index in [0.717, 1.165) is 5.75 Å². The number of nitrogens with zero attached hydrogens (tertiary/aromatic N) is 1. The number of hydrogen-bond donors (Lipinski definition) is 0. The molecule has 1 heterocycles. The predicted molar refractivity (Wildman–Crippen MR) is 74.6 cm³/mol. The fraction of sp³-hybridized carbons (Fsp3) is 0.267. The van der Waals surface area contributed by atoms with E-state index >= 15 is 0 Å². The SMILES string of the molecule is Cc1cc(Oc2cccc(Cl)n2)ccc1C(C)C. The van der Waals surface area contributed by atoms with Crippen LogP contribution < -0.4 is 4.74 Å². The number of pyridine rings is 1. The first-order valence-corrected chi connectivity index (χ1v) is 6.35. The molecule has 1 aromatic heterocycles. The fourth-order valence-corrected chi connectivity index (χ4v) is 2.08. The molecule has 2 aromatic rings. The van der Waals surface area contributed by atoms with Crippen molar-refractivity contribution in [3.05, 3.63) is 52.7 Å². The second-order valence-corrected chi connectivity index (χ2v) is 4.96. The van der Waals surface area contributed by atoms with Crippen molar-refractivity contribution in [3.63, 3.8) is 0 Å². The lowest BCUT2D eigenvalue weighted by Gasteiger charge is -2.11. The van der Waals surface area contributed by atoms with Crippen molar-refractivity contribution in [1.29, 1.82) is 0 Å². The van der Waals surface area contributed by atoms with Crippen LogP contribution in [-0.2, 0) is 0 Å². The number of hydrogen-bond acceptors (Lipinski definition) is 2. The smallest absolute Gasteiger partial charge is 0.220 e. The largest absolute Gasteiger partial charge is 0.439 e. The number of aromatic nitrogens is 1. The van der Waals surface area contributed by atoms with E-state index in [1.165, 1.54) is 11.1 Å². The van der Waals surface area contributed by atoms with E-state index in [0.29, 0.717) is 17.0 Å². The molecule has 0 N–H and O–H groups in total. The molecule has 1 aromatic carbocycles. The molecule has 2 rings (SSSR count). The molecule has 0 radical (unpaired) electrons. The molecule has 0 aliphatic heterocycles. The van der Waals surface area contributed by atoms with Gasteiger partial charge < -0.3 is 4.74 Å². The van der Waals surface area contributed by atoms with E-state index in [9.17, 15) is 0 Å². The van der Waals surface area contributed by atoms with E-state index in [1.807, 2.05) is 18.2 Å². The minimum absolute atomic E-state index is 0.433. The van der Waals surface area contributed by atoms with Gasteiger partial charge in [0.2, 0.25) is 5.88 Å². The summed E-state index contributed by atoms with van der Waals surface area (Å²) in [6.07, 6.45) is 0. The molecule has 0 spiro atoms. The van der Waals surface area contributed by atoms with E-state index in [-0.39, 0.29) is 0 Å². The zero-order chi connectivity index (χ0) is 13.1. The monoisotopic (exact) mass is 261 g/mol. The lowest BCUT2D eigenvalue weighted by molar-refractivity contribution is 0.462. The van der Waals surface area contributed by atoms with Crippen LogP contribution in [0.1, 0.15) is 30.9 Å². The minimum atomic E-state index is 0.433. The van der Waals surface area contributed by atoms with Gasteiger partial charge in [0.25, 0.3) is 0 Å². The topological polar surface area (TPSA) is 22.1 Å². The fourth-order valence-electron chi connectivity index (χ4n) is 1.93. The maximum Gasteiger partial charge on any atom is 0.220 e. The Balaban J connectivity index is 2.23. The highest BCUT2D eigenvalue weighted by Gasteiger charge is 2.06. The zero-order valence-corrected chi connectivity index (χ0v) is 11.5. The maximum absolute atomic E-state index is 5.82. The third-order valence-electron chi connectivity index (χ3n) is 2.78. The third-order valence-corrected chi connectivity index (χ3v) is 2.99. The van der Waals surface area contributed by atoms with Gasteiger partial charge in [0.05, 0.1) is 0 Å². The Morgan fingerprint density at radius 3 is 2.56 bits per heavy atom. The summed E-state index contributed by atoms with van der Waals surface area (Å²) in [5.74, 6) is 1.81. The van der Waals surface area contributed by atoms with Gasteiger partial charge in [-0.05, 0) is 42.2 Å². The molecule has 0 aliphatic rings. The van der Waals surface area contributed by atoms with Gasteiger partial charge in [-0.25, -0.2) is 4.98 Å². The lowest BCUT2D eigenvalue weighted by atomic mass is 9.98. The van der Waals surface area contributed by atoms with Crippen molar-refractivity contribution < 1.29 is 4.74 Å². The molecule has 0 saturated heterocycles. The average molecular weight is 262 g/mol. The maximum atomic E-state index is 5.82. The van der Waals surface area contributed by atoms with Crippen molar-refractivity contribution in [2.75, 3.05) is 0 Å². The van der Waals surface area contributed by atoms with E-state index < -0.39 is 0 Å². The van der Waals surface area contributed by atoms with Crippen LogP contribution in [0.2, 0.25) is 5.15 Å². The quantitative estimate of drug-likeness (QED) is 0.729. The zero-order valence-electron chi connectivity index (χ0n) is 10.8. The highest BCUT2D eigenvalue weighted by Crippen LogP contribution is 2.26. The summed E-state index contributed by atoms with van der Waals surface area (Å²) in [6.45, 7) is 6.45. The normalized spacial score (nSPS) is 10.7. The summed E-state index contributed by atoms with van der Waals surface area (Å²) in [7, 11) is 0. The first kappa shape index (κ1) is 12.9. The van der Waals surface area contributed by atoms with Crippen LogP contribution in [0.25, 0.3) is 0 Å². The van der Waals surface area contributed by atoms with Gasteiger partial charge in [0, 0.05) is 6.07 Å². The summed E-state index contributed by atoms with van der Waals surface area (Å²) >= 11 is 5.82. The second kappa shape index (κ2) is 5.40. The Kier molecular flexibility index (Phi) is 3.87. The Hall–Kier alpha value is -1.54. The van der Waals surface area contributed by atoms with Crippen LogP contribution in [0.15, 0.2) is 36.4 Å². The molecular formula is C15H16ClNO. The van der Waals surface area contributed by atoms with Gasteiger partial charge in [0.1, 0.15) is 10.9 Å². The van der Waals surface area contributed by atoms with Gasteiger partial charge in [-0.1, -0.05) is 37.6 Å². The van der Waals surface area contributed by atoms with Gasteiger partial charge in [-0.2, -0.15) is 0 Å². The van der Waals surface area contributed by atoms with Crippen LogP contribution in [0.4, 0.5) is 0 Å². The van der Waals surface area contributed by atoms with Crippen LogP contribution >= 0.6 is 11.6 Å². The number of rotatable bonds is 3. The first-order valence-electron chi connectivity index (χ1n) is 5.97. The van der Waals surface area contributed by atoms with Gasteiger partial charge >= 0.3 is 0 Å². The number of ether oxygens (including phenoxy) is 1.